The van der Waals surface area contributed by atoms with Gasteiger partial charge in [-0.3, -0.25) is 4.79 Å². The summed E-state index contributed by atoms with van der Waals surface area (Å²) in [7, 11) is 0. The summed E-state index contributed by atoms with van der Waals surface area (Å²) in [5.74, 6) is 0.0388. The molecule has 1 aliphatic rings. The lowest BCUT2D eigenvalue weighted by atomic mass is 10.0. The zero-order valence-corrected chi connectivity index (χ0v) is 16.3. The normalized spacial score (nSPS) is 13.6. The van der Waals surface area contributed by atoms with Crippen LogP contribution in [0.1, 0.15) is 50.9 Å². The fraction of sp³-hybridized carbons (Fsp3) is 0.250. The molecule has 0 radical (unpaired) electrons. The van der Waals surface area contributed by atoms with Crippen LogP contribution >= 0.6 is 0 Å². The van der Waals surface area contributed by atoms with E-state index < -0.39 is 12.1 Å². The number of para-hydroxylation sites is 1. The van der Waals surface area contributed by atoms with Crippen LogP contribution in [-0.4, -0.2) is 17.9 Å². The van der Waals surface area contributed by atoms with Gasteiger partial charge in [0.1, 0.15) is 5.76 Å². The van der Waals surface area contributed by atoms with Crippen molar-refractivity contribution in [3.63, 3.8) is 0 Å². The Kier molecular flexibility index (Phi) is 5.47. The van der Waals surface area contributed by atoms with Crippen LogP contribution in [-0.2, 0) is 24.1 Å². The lowest BCUT2D eigenvalue weighted by Gasteiger charge is -2.15. The fourth-order valence-corrected chi connectivity index (χ4v) is 3.65. The predicted octanol–water partition coefficient (Wildman–Crippen LogP) is 4.81. The number of ether oxygens (including phenoxy) is 1. The van der Waals surface area contributed by atoms with Crippen molar-refractivity contribution >= 4 is 17.4 Å². The molecule has 3 aromatic rings. The van der Waals surface area contributed by atoms with Gasteiger partial charge >= 0.3 is 5.97 Å². The third-order valence-electron chi connectivity index (χ3n) is 5.22. The number of anilines is 1. The van der Waals surface area contributed by atoms with Gasteiger partial charge in [-0.15, -0.1) is 0 Å². The van der Waals surface area contributed by atoms with E-state index in [2.05, 4.69) is 5.32 Å². The van der Waals surface area contributed by atoms with Crippen molar-refractivity contribution in [3.8, 4) is 0 Å². The SMILES string of the molecule is C[C@@H](OC(=O)c1ccccc1NCc1ccco1)C(=O)c1ccc2c(c1)CCC2. The third kappa shape index (κ3) is 4.24. The van der Waals surface area contributed by atoms with E-state index in [-0.39, 0.29) is 5.78 Å². The number of carbonyl (C=O) groups excluding carboxylic acids is 2. The summed E-state index contributed by atoms with van der Waals surface area (Å²) in [6.07, 6.45) is 3.93. The third-order valence-corrected chi connectivity index (χ3v) is 5.22. The molecule has 1 heterocycles. The van der Waals surface area contributed by atoms with Crippen LogP contribution in [0.25, 0.3) is 0 Å². The molecule has 1 aliphatic carbocycles. The first-order valence-electron chi connectivity index (χ1n) is 9.84. The zero-order chi connectivity index (χ0) is 20.2. The van der Waals surface area contributed by atoms with Crippen LogP contribution in [0.3, 0.4) is 0 Å². The molecule has 1 aromatic heterocycles. The van der Waals surface area contributed by atoms with Crippen LogP contribution in [0.15, 0.2) is 65.3 Å². The summed E-state index contributed by atoms with van der Waals surface area (Å²) in [5, 5.41) is 3.18. The van der Waals surface area contributed by atoms with E-state index in [1.807, 2.05) is 36.4 Å². The number of rotatable bonds is 7. The molecule has 2 aromatic carbocycles. The number of benzene rings is 2. The van der Waals surface area contributed by atoms with Crippen LogP contribution in [0.4, 0.5) is 5.69 Å². The highest BCUT2D eigenvalue weighted by Gasteiger charge is 2.23. The van der Waals surface area contributed by atoms with Crippen molar-refractivity contribution in [2.24, 2.45) is 0 Å². The molecule has 29 heavy (non-hydrogen) atoms. The average Bonchev–Trinajstić information content (AvgIpc) is 3.43. The van der Waals surface area contributed by atoms with Crippen LogP contribution < -0.4 is 5.32 Å². The van der Waals surface area contributed by atoms with Crippen molar-refractivity contribution in [1.29, 1.82) is 0 Å². The van der Waals surface area contributed by atoms with Gasteiger partial charge in [-0.2, -0.15) is 0 Å². The minimum atomic E-state index is -0.861. The van der Waals surface area contributed by atoms with Crippen LogP contribution in [0, 0.1) is 0 Å². The molecule has 0 bridgehead atoms. The number of carbonyl (C=O) groups is 2. The predicted molar refractivity (Wildman–Crippen MR) is 110 cm³/mol. The fourth-order valence-electron chi connectivity index (χ4n) is 3.65. The molecule has 0 saturated heterocycles. The standard InChI is InChI=1S/C24H23NO4/c1-16(23(26)19-12-11-17-6-4-7-18(17)14-19)29-24(27)21-9-2-3-10-22(21)25-15-20-8-5-13-28-20/h2-3,5,8-14,16,25H,4,6-7,15H2,1H3/t16-/m1/s1. The van der Waals surface area contributed by atoms with Crippen molar-refractivity contribution in [2.45, 2.75) is 38.8 Å². The van der Waals surface area contributed by atoms with Gasteiger partial charge in [-0.25, -0.2) is 4.79 Å². The number of fused-ring (bicyclic) bond motifs is 1. The first-order valence-corrected chi connectivity index (χ1v) is 9.84. The molecule has 1 N–H and O–H groups in total. The topological polar surface area (TPSA) is 68.5 Å². The van der Waals surface area contributed by atoms with Crippen molar-refractivity contribution in [2.75, 3.05) is 5.32 Å². The van der Waals surface area contributed by atoms with E-state index in [0.29, 0.717) is 23.4 Å². The second kappa shape index (κ2) is 8.35. The highest BCUT2D eigenvalue weighted by atomic mass is 16.5. The van der Waals surface area contributed by atoms with Crippen molar-refractivity contribution in [3.05, 3.63) is 88.9 Å². The number of furan rings is 1. The van der Waals surface area contributed by atoms with Gasteiger partial charge < -0.3 is 14.5 Å². The Morgan fingerprint density at radius 1 is 1.07 bits per heavy atom. The number of ketones is 1. The van der Waals surface area contributed by atoms with E-state index in [9.17, 15) is 9.59 Å². The number of esters is 1. The number of nitrogens with one attached hydrogen (secondary N) is 1. The Hall–Kier alpha value is -3.34. The molecule has 5 nitrogen and oxygen atoms in total. The Bertz CT molecular complexity index is 1020. The molecule has 4 rings (SSSR count). The average molecular weight is 389 g/mol. The summed E-state index contributed by atoms with van der Waals surface area (Å²) in [6, 6.07) is 16.5. The largest absolute Gasteiger partial charge is 0.467 e. The molecule has 0 spiro atoms. The highest BCUT2D eigenvalue weighted by Crippen LogP contribution is 2.24. The number of hydrogen-bond donors (Lipinski definition) is 1. The van der Waals surface area contributed by atoms with E-state index in [0.717, 1.165) is 25.0 Å². The number of Topliss-reactive ketones (excluding diaryl/α,β-unsaturated/α-hetero) is 1. The van der Waals surface area contributed by atoms with Gasteiger partial charge in [0.2, 0.25) is 5.78 Å². The monoisotopic (exact) mass is 389 g/mol. The quantitative estimate of drug-likeness (QED) is 0.464. The molecular formula is C24H23NO4. The molecule has 0 unspecified atom stereocenters. The lowest BCUT2D eigenvalue weighted by Crippen LogP contribution is -2.25. The Labute approximate surface area is 169 Å². The Morgan fingerprint density at radius 2 is 1.90 bits per heavy atom. The highest BCUT2D eigenvalue weighted by molar-refractivity contribution is 6.02. The van der Waals surface area contributed by atoms with E-state index in [4.69, 9.17) is 9.15 Å². The van der Waals surface area contributed by atoms with Gasteiger partial charge in [0.05, 0.1) is 18.4 Å². The number of hydrogen-bond acceptors (Lipinski definition) is 5. The van der Waals surface area contributed by atoms with Crippen LogP contribution in [0.5, 0.6) is 0 Å². The van der Waals surface area contributed by atoms with Crippen molar-refractivity contribution in [1.82, 2.24) is 0 Å². The molecule has 0 fully saturated rings. The summed E-state index contributed by atoms with van der Waals surface area (Å²) in [6.45, 7) is 2.06. The first-order chi connectivity index (χ1) is 14.1. The van der Waals surface area contributed by atoms with Gasteiger partial charge in [0, 0.05) is 11.3 Å². The lowest BCUT2D eigenvalue weighted by molar-refractivity contribution is 0.0319. The molecular weight excluding hydrogens is 366 g/mol. The summed E-state index contributed by atoms with van der Waals surface area (Å²) in [4.78, 5) is 25.5. The summed E-state index contributed by atoms with van der Waals surface area (Å²) < 4.78 is 10.8. The second-order valence-electron chi connectivity index (χ2n) is 7.23. The molecule has 1 atom stereocenters. The maximum absolute atomic E-state index is 12.8. The maximum Gasteiger partial charge on any atom is 0.340 e. The smallest absolute Gasteiger partial charge is 0.340 e. The van der Waals surface area contributed by atoms with Crippen LogP contribution in [0.2, 0.25) is 0 Å². The van der Waals surface area contributed by atoms with Gasteiger partial charge in [0.15, 0.2) is 6.10 Å². The summed E-state index contributed by atoms with van der Waals surface area (Å²) >= 11 is 0. The second-order valence-corrected chi connectivity index (χ2v) is 7.23. The summed E-state index contributed by atoms with van der Waals surface area (Å²) in [5.41, 5.74) is 4.14. The van der Waals surface area contributed by atoms with Gasteiger partial charge in [0.25, 0.3) is 0 Å². The van der Waals surface area contributed by atoms with E-state index in [1.54, 1.807) is 31.4 Å². The molecule has 0 aliphatic heterocycles. The molecule has 0 saturated carbocycles. The molecule has 148 valence electrons. The Balaban J connectivity index is 1.44. The minimum absolute atomic E-state index is 0.186. The van der Waals surface area contributed by atoms with Crippen molar-refractivity contribution < 1.29 is 18.7 Å². The molecule has 5 heteroatoms. The number of aryl methyl sites for hydroxylation is 2. The van der Waals surface area contributed by atoms with Gasteiger partial charge in [-0.05, 0) is 67.6 Å². The van der Waals surface area contributed by atoms with Gasteiger partial charge in [-0.1, -0.05) is 24.3 Å². The van der Waals surface area contributed by atoms with E-state index >= 15 is 0 Å². The maximum atomic E-state index is 12.8. The minimum Gasteiger partial charge on any atom is -0.467 e. The van der Waals surface area contributed by atoms with E-state index in [1.165, 1.54) is 11.1 Å². The zero-order valence-electron chi connectivity index (χ0n) is 16.3. The first kappa shape index (κ1) is 19.0. The molecule has 0 amide bonds. The Morgan fingerprint density at radius 3 is 2.72 bits per heavy atom.